The first-order valence-electron chi connectivity index (χ1n) is 6.13. The quantitative estimate of drug-likeness (QED) is 0.698. The topological polar surface area (TPSA) is 70.6 Å². The summed E-state index contributed by atoms with van der Waals surface area (Å²) >= 11 is 8.30. The van der Waals surface area contributed by atoms with Crippen molar-refractivity contribution in [1.82, 2.24) is 10.6 Å². The lowest BCUT2D eigenvalue weighted by Crippen LogP contribution is -2.41. The van der Waals surface area contributed by atoms with Gasteiger partial charge in [0.1, 0.15) is 5.75 Å². The summed E-state index contributed by atoms with van der Waals surface area (Å²) in [7, 11) is 0. The zero-order valence-corrected chi connectivity index (χ0v) is 13.7. The molecule has 1 unspecified atom stereocenters. The number of hydrogen-bond acceptors (Lipinski definition) is 4. The number of carbonyl (C=O) groups is 1. The van der Waals surface area contributed by atoms with E-state index in [1.54, 1.807) is 25.1 Å². The third-order valence-corrected chi connectivity index (χ3v) is 3.01. The van der Waals surface area contributed by atoms with E-state index in [4.69, 9.17) is 22.1 Å². The number of amides is 1. The highest BCUT2D eigenvalue weighted by Crippen LogP contribution is 2.23. The summed E-state index contributed by atoms with van der Waals surface area (Å²) in [5.41, 5.74) is 0.391. The molecular weight excluding hydrogens is 344 g/mol. The molecule has 5 nitrogen and oxygen atoms in total. The third-order valence-electron chi connectivity index (χ3n) is 2.27. The van der Waals surface area contributed by atoms with Gasteiger partial charge in [0.2, 0.25) is 0 Å². The van der Waals surface area contributed by atoms with Crippen molar-refractivity contribution in [3.63, 3.8) is 0 Å². The molecule has 1 amide bonds. The molecule has 1 aromatic carbocycles. The zero-order valence-electron chi connectivity index (χ0n) is 11.3. The largest absolute Gasteiger partial charge is 0.493 e. The fourth-order valence-corrected chi connectivity index (χ4v) is 1.95. The molecule has 0 radical (unpaired) electrons. The van der Waals surface area contributed by atoms with Crippen LogP contribution >= 0.6 is 28.1 Å². The van der Waals surface area contributed by atoms with Crippen molar-refractivity contribution < 1.29 is 14.6 Å². The minimum Gasteiger partial charge on any atom is -0.493 e. The third kappa shape index (κ3) is 5.44. The van der Waals surface area contributed by atoms with Gasteiger partial charge in [-0.1, -0.05) is 15.9 Å². The number of rotatable bonds is 5. The normalized spacial score (nSPS) is 11.6. The Bertz CT molecular complexity index is 495. The highest BCUT2D eigenvalue weighted by molar-refractivity contribution is 9.10. The summed E-state index contributed by atoms with van der Waals surface area (Å²) in [6.45, 7) is 4.21. The van der Waals surface area contributed by atoms with Gasteiger partial charge in [0.05, 0.1) is 18.3 Å². The van der Waals surface area contributed by atoms with Crippen LogP contribution < -0.4 is 15.4 Å². The highest BCUT2D eigenvalue weighted by atomic mass is 79.9. The van der Waals surface area contributed by atoms with Gasteiger partial charge in [-0.2, -0.15) is 0 Å². The smallest absolute Gasteiger partial charge is 0.261 e. The number of nitrogens with one attached hydrogen (secondary N) is 2. The maximum atomic E-state index is 12.1. The average Bonchev–Trinajstić information content (AvgIpc) is 2.38. The van der Waals surface area contributed by atoms with E-state index >= 15 is 0 Å². The van der Waals surface area contributed by atoms with E-state index in [2.05, 4.69) is 26.6 Å². The van der Waals surface area contributed by atoms with Gasteiger partial charge in [-0.05, 0) is 44.3 Å². The molecule has 0 bridgehead atoms. The number of aliphatic hydroxyl groups is 1. The number of thiocarbonyl (C=S) groups is 1. The standard InChI is InChI=1S/C13H17BrN2O3S/c1-3-19-11-5-4-9(14)6-10(11)12(18)16-13(20)15-7-8(2)17/h4-6,8,17H,3,7H2,1-2H3,(H2,15,16,18,20). The Morgan fingerprint density at radius 1 is 1.55 bits per heavy atom. The average molecular weight is 361 g/mol. The molecule has 3 N–H and O–H groups in total. The lowest BCUT2D eigenvalue weighted by Gasteiger charge is -2.13. The van der Waals surface area contributed by atoms with Crippen LogP contribution in [-0.2, 0) is 0 Å². The Hall–Kier alpha value is -1.18. The van der Waals surface area contributed by atoms with Crippen LogP contribution in [0.1, 0.15) is 24.2 Å². The van der Waals surface area contributed by atoms with E-state index in [1.807, 2.05) is 6.92 Å². The predicted octanol–water partition coefficient (Wildman–Crippen LogP) is 1.83. The summed E-state index contributed by atoms with van der Waals surface area (Å²) in [5, 5.41) is 14.6. The molecule has 0 aromatic heterocycles. The molecule has 0 heterocycles. The van der Waals surface area contributed by atoms with Crippen LogP contribution in [0.15, 0.2) is 22.7 Å². The lowest BCUT2D eigenvalue weighted by atomic mass is 10.2. The van der Waals surface area contributed by atoms with E-state index in [0.717, 1.165) is 4.47 Å². The van der Waals surface area contributed by atoms with Crippen molar-refractivity contribution in [1.29, 1.82) is 0 Å². The van der Waals surface area contributed by atoms with Crippen molar-refractivity contribution >= 4 is 39.2 Å². The molecule has 0 aliphatic carbocycles. The van der Waals surface area contributed by atoms with Gasteiger partial charge < -0.3 is 15.2 Å². The van der Waals surface area contributed by atoms with E-state index < -0.39 is 6.10 Å². The second kappa shape index (κ2) is 8.18. The van der Waals surface area contributed by atoms with Gasteiger partial charge >= 0.3 is 0 Å². The van der Waals surface area contributed by atoms with Crippen LogP contribution in [0, 0.1) is 0 Å². The van der Waals surface area contributed by atoms with Crippen LogP contribution in [0.4, 0.5) is 0 Å². The number of ether oxygens (including phenoxy) is 1. The molecule has 7 heteroatoms. The minimum absolute atomic E-state index is 0.165. The zero-order chi connectivity index (χ0) is 15.1. The Morgan fingerprint density at radius 2 is 2.25 bits per heavy atom. The van der Waals surface area contributed by atoms with Crippen LogP contribution in [0.3, 0.4) is 0 Å². The van der Waals surface area contributed by atoms with Gasteiger partial charge in [-0.25, -0.2) is 0 Å². The molecule has 1 atom stereocenters. The van der Waals surface area contributed by atoms with Gasteiger partial charge in [0.25, 0.3) is 5.91 Å². The second-order valence-corrected chi connectivity index (χ2v) is 5.41. The number of carbonyl (C=O) groups excluding carboxylic acids is 1. The van der Waals surface area contributed by atoms with Crippen molar-refractivity contribution in [2.45, 2.75) is 20.0 Å². The van der Waals surface area contributed by atoms with Crippen LogP contribution in [0.25, 0.3) is 0 Å². The molecule has 0 fully saturated rings. The summed E-state index contributed by atoms with van der Waals surface area (Å²) in [6, 6.07) is 5.18. The SMILES string of the molecule is CCOc1ccc(Br)cc1C(=O)NC(=S)NCC(C)O. The predicted molar refractivity (Wildman–Crippen MR) is 85.1 cm³/mol. The number of aliphatic hydroxyl groups excluding tert-OH is 1. The fourth-order valence-electron chi connectivity index (χ4n) is 1.42. The molecular formula is C13H17BrN2O3S. The van der Waals surface area contributed by atoms with Crippen LogP contribution in [0.2, 0.25) is 0 Å². The van der Waals surface area contributed by atoms with Crippen molar-refractivity contribution in [2.75, 3.05) is 13.2 Å². The first-order valence-corrected chi connectivity index (χ1v) is 7.33. The first kappa shape index (κ1) is 16.9. The van der Waals surface area contributed by atoms with E-state index in [9.17, 15) is 4.79 Å². The Labute approximate surface area is 131 Å². The summed E-state index contributed by atoms with van der Waals surface area (Å²) in [5.74, 6) is 0.129. The number of benzene rings is 1. The fraction of sp³-hybridized carbons (Fsp3) is 0.385. The lowest BCUT2D eigenvalue weighted by molar-refractivity contribution is 0.0972. The number of hydrogen-bond donors (Lipinski definition) is 3. The molecule has 0 aliphatic heterocycles. The second-order valence-electron chi connectivity index (χ2n) is 4.09. The van der Waals surface area contributed by atoms with Crippen LogP contribution in [-0.4, -0.2) is 35.4 Å². The van der Waals surface area contributed by atoms with Crippen molar-refractivity contribution in [2.24, 2.45) is 0 Å². The maximum absolute atomic E-state index is 12.1. The molecule has 1 rings (SSSR count). The monoisotopic (exact) mass is 360 g/mol. The summed E-state index contributed by atoms with van der Waals surface area (Å²) in [4.78, 5) is 12.1. The Morgan fingerprint density at radius 3 is 2.85 bits per heavy atom. The van der Waals surface area contributed by atoms with Crippen LogP contribution in [0.5, 0.6) is 5.75 Å². The van der Waals surface area contributed by atoms with Gasteiger partial charge in [0, 0.05) is 11.0 Å². The van der Waals surface area contributed by atoms with Crippen molar-refractivity contribution in [3.05, 3.63) is 28.2 Å². The summed E-state index contributed by atoms with van der Waals surface area (Å²) < 4.78 is 6.18. The molecule has 20 heavy (non-hydrogen) atoms. The Balaban J connectivity index is 2.76. The molecule has 0 saturated carbocycles. The van der Waals surface area contributed by atoms with E-state index in [-0.39, 0.29) is 17.6 Å². The molecule has 1 aromatic rings. The van der Waals surface area contributed by atoms with E-state index in [1.165, 1.54) is 0 Å². The van der Waals surface area contributed by atoms with E-state index in [0.29, 0.717) is 17.9 Å². The Kier molecular flexibility index (Phi) is 6.90. The molecule has 0 spiro atoms. The number of halogens is 1. The molecule has 0 aliphatic rings. The van der Waals surface area contributed by atoms with Gasteiger partial charge in [-0.15, -0.1) is 0 Å². The maximum Gasteiger partial charge on any atom is 0.261 e. The van der Waals surface area contributed by atoms with Gasteiger partial charge in [-0.3, -0.25) is 10.1 Å². The van der Waals surface area contributed by atoms with Gasteiger partial charge in [0.15, 0.2) is 5.11 Å². The first-order chi connectivity index (χ1) is 9.43. The minimum atomic E-state index is -0.547. The summed E-state index contributed by atoms with van der Waals surface area (Å²) in [6.07, 6.45) is -0.547. The molecule has 110 valence electrons. The highest BCUT2D eigenvalue weighted by Gasteiger charge is 2.14. The van der Waals surface area contributed by atoms with Crippen molar-refractivity contribution in [3.8, 4) is 5.75 Å². The molecule has 0 saturated heterocycles.